The Morgan fingerprint density at radius 3 is 2.37 bits per heavy atom. The first-order chi connectivity index (χ1) is 16.8. The number of carbonyl (C=O) groups excluding carboxylic acids is 1. The summed E-state index contributed by atoms with van der Waals surface area (Å²) in [7, 11) is 0. The summed E-state index contributed by atoms with van der Waals surface area (Å²) in [6, 6.07) is 18.5. The molecule has 0 bridgehead atoms. The Labute approximate surface area is 207 Å². The zero-order chi connectivity index (χ0) is 25.1. The number of ketones is 1. The highest BCUT2D eigenvalue weighted by Gasteiger charge is 2.19. The number of carbonyl (C=O) groups is 1. The maximum Gasteiger partial charge on any atom is 0.301 e. The number of aromatic nitrogens is 2. The first-order valence-corrected chi connectivity index (χ1v) is 10.8. The molecule has 4 aromatic rings. The molecule has 35 heavy (non-hydrogen) atoms. The van der Waals surface area contributed by atoms with Crippen LogP contribution in [-0.4, -0.2) is 25.6 Å². The number of H-pyrrole nitrogens is 1. The molecule has 3 aromatic carbocycles. The van der Waals surface area contributed by atoms with E-state index in [2.05, 4.69) is 15.3 Å². The standard InChI is InChI=1S/C23H15ClN6O4S/c24-15-8-11-18(17(12-15)21(31)14-4-2-1-3-5-14)26-27-20-19(28-29(22(20)32)23(25)35)13-6-9-16(10-7-13)30(33)34/h1-12,28H,(H2,25,35). The van der Waals surface area contributed by atoms with E-state index in [9.17, 15) is 19.7 Å². The molecule has 174 valence electrons. The van der Waals surface area contributed by atoms with Gasteiger partial charge in [0, 0.05) is 28.3 Å². The van der Waals surface area contributed by atoms with Gasteiger partial charge in [0.2, 0.25) is 0 Å². The normalized spacial score (nSPS) is 11.0. The van der Waals surface area contributed by atoms with E-state index in [1.807, 2.05) is 0 Å². The van der Waals surface area contributed by atoms with Crippen LogP contribution in [0.1, 0.15) is 15.9 Å². The number of non-ortho nitro benzene ring substituents is 1. The van der Waals surface area contributed by atoms with Gasteiger partial charge in [0.15, 0.2) is 16.6 Å². The van der Waals surface area contributed by atoms with Crippen LogP contribution >= 0.6 is 23.8 Å². The molecule has 0 spiro atoms. The van der Waals surface area contributed by atoms with Crippen molar-refractivity contribution >= 4 is 51.8 Å². The van der Waals surface area contributed by atoms with Crippen LogP contribution in [-0.2, 0) is 0 Å². The number of nitrogens with two attached hydrogens (primary N) is 1. The van der Waals surface area contributed by atoms with Crippen molar-refractivity contribution in [2.24, 2.45) is 16.0 Å². The fourth-order valence-electron chi connectivity index (χ4n) is 3.25. The van der Waals surface area contributed by atoms with Crippen molar-refractivity contribution in [2.75, 3.05) is 0 Å². The predicted molar refractivity (Wildman–Crippen MR) is 135 cm³/mol. The molecule has 10 nitrogen and oxygen atoms in total. The van der Waals surface area contributed by atoms with Gasteiger partial charge in [-0.1, -0.05) is 41.9 Å². The molecule has 0 aliphatic carbocycles. The smallest absolute Gasteiger partial charge is 0.301 e. The highest BCUT2D eigenvalue weighted by atomic mass is 35.5. The van der Waals surface area contributed by atoms with Crippen LogP contribution < -0.4 is 11.3 Å². The Morgan fingerprint density at radius 2 is 1.74 bits per heavy atom. The maximum absolute atomic E-state index is 13.0. The third kappa shape index (κ3) is 4.90. The van der Waals surface area contributed by atoms with Gasteiger partial charge in [-0.15, -0.1) is 10.2 Å². The van der Waals surface area contributed by atoms with Gasteiger partial charge in [0.25, 0.3) is 5.69 Å². The van der Waals surface area contributed by atoms with Crippen LogP contribution in [0.2, 0.25) is 5.02 Å². The summed E-state index contributed by atoms with van der Waals surface area (Å²) in [4.78, 5) is 36.4. The highest BCUT2D eigenvalue weighted by molar-refractivity contribution is 7.80. The topological polar surface area (TPSA) is 149 Å². The van der Waals surface area contributed by atoms with Crippen molar-refractivity contribution < 1.29 is 9.72 Å². The third-order valence-electron chi connectivity index (χ3n) is 4.95. The van der Waals surface area contributed by atoms with E-state index in [4.69, 9.17) is 29.6 Å². The Hall–Kier alpha value is -4.48. The van der Waals surface area contributed by atoms with Gasteiger partial charge >= 0.3 is 5.56 Å². The number of nitro groups is 1. The van der Waals surface area contributed by atoms with Crippen molar-refractivity contribution in [3.8, 4) is 11.3 Å². The van der Waals surface area contributed by atoms with Crippen LogP contribution in [0, 0.1) is 10.1 Å². The molecule has 0 fully saturated rings. The van der Waals surface area contributed by atoms with E-state index in [0.29, 0.717) is 16.1 Å². The summed E-state index contributed by atoms with van der Waals surface area (Å²) in [6.07, 6.45) is 0. The Bertz CT molecular complexity index is 1540. The van der Waals surface area contributed by atoms with E-state index < -0.39 is 10.5 Å². The average Bonchev–Trinajstić information content (AvgIpc) is 3.19. The second kappa shape index (κ2) is 9.79. The average molecular weight is 507 g/mol. The van der Waals surface area contributed by atoms with Crippen LogP contribution in [0.5, 0.6) is 0 Å². The summed E-state index contributed by atoms with van der Waals surface area (Å²) in [5.41, 5.74) is 6.07. The lowest BCUT2D eigenvalue weighted by atomic mass is 10.0. The van der Waals surface area contributed by atoms with Crippen molar-refractivity contribution in [1.82, 2.24) is 9.78 Å². The van der Waals surface area contributed by atoms with E-state index >= 15 is 0 Å². The van der Waals surface area contributed by atoms with Crippen LogP contribution in [0.3, 0.4) is 0 Å². The van der Waals surface area contributed by atoms with Gasteiger partial charge < -0.3 is 5.73 Å². The number of hydrogen-bond acceptors (Lipinski definition) is 7. The molecular weight excluding hydrogens is 492 g/mol. The van der Waals surface area contributed by atoms with Crippen LogP contribution in [0.4, 0.5) is 17.1 Å². The maximum atomic E-state index is 13.0. The summed E-state index contributed by atoms with van der Waals surface area (Å²) >= 11 is 11.0. The third-order valence-corrected chi connectivity index (χ3v) is 5.37. The van der Waals surface area contributed by atoms with Crippen LogP contribution in [0.15, 0.2) is 87.8 Å². The number of aromatic amines is 1. The number of azo groups is 1. The van der Waals surface area contributed by atoms with Crippen molar-refractivity contribution in [2.45, 2.75) is 0 Å². The molecule has 0 radical (unpaired) electrons. The zero-order valence-corrected chi connectivity index (χ0v) is 19.3. The van der Waals surface area contributed by atoms with Crippen LogP contribution in [0.25, 0.3) is 11.3 Å². The molecule has 4 rings (SSSR count). The minimum atomic E-state index is -0.681. The quantitative estimate of drug-likeness (QED) is 0.121. The van der Waals surface area contributed by atoms with E-state index in [1.54, 1.807) is 36.4 Å². The van der Waals surface area contributed by atoms with E-state index in [0.717, 1.165) is 4.68 Å². The van der Waals surface area contributed by atoms with Crippen molar-refractivity contribution in [3.63, 3.8) is 0 Å². The highest BCUT2D eigenvalue weighted by Crippen LogP contribution is 2.31. The Balaban J connectivity index is 1.81. The minimum absolute atomic E-state index is 0.127. The molecule has 3 N–H and O–H groups in total. The lowest BCUT2D eigenvalue weighted by molar-refractivity contribution is -0.384. The number of rotatable bonds is 6. The summed E-state index contributed by atoms with van der Waals surface area (Å²) in [6.45, 7) is 0. The molecule has 0 saturated carbocycles. The largest absolute Gasteiger partial charge is 0.374 e. The van der Waals surface area contributed by atoms with Gasteiger partial charge in [-0.3, -0.25) is 24.8 Å². The SMILES string of the molecule is NC(=S)n1[nH]c(-c2ccc([N+](=O)[O-])cc2)c(N=Nc2ccc(Cl)cc2C(=O)c2ccccc2)c1=O. The molecular formula is C23H15ClN6O4S. The predicted octanol–water partition coefficient (Wildman–Crippen LogP) is 5.14. The summed E-state index contributed by atoms with van der Waals surface area (Å²) < 4.78 is 0.901. The molecule has 0 amide bonds. The lowest BCUT2D eigenvalue weighted by Crippen LogP contribution is -2.29. The lowest BCUT2D eigenvalue weighted by Gasteiger charge is -2.05. The van der Waals surface area contributed by atoms with Gasteiger partial charge in [0.05, 0.1) is 21.9 Å². The number of hydrogen-bond donors (Lipinski definition) is 2. The number of benzene rings is 3. The number of nitrogens with zero attached hydrogens (tertiary/aromatic N) is 4. The molecule has 1 heterocycles. The zero-order valence-electron chi connectivity index (χ0n) is 17.7. The Morgan fingerprint density at radius 1 is 1.06 bits per heavy atom. The second-order valence-corrected chi connectivity index (χ2v) is 8.03. The molecule has 12 heteroatoms. The van der Waals surface area contributed by atoms with Gasteiger partial charge in [-0.25, -0.2) is 0 Å². The summed E-state index contributed by atoms with van der Waals surface area (Å²) in [5.74, 6) is -0.327. The number of halogens is 1. The molecule has 0 atom stereocenters. The second-order valence-electron chi connectivity index (χ2n) is 7.17. The first kappa shape index (κ1) is 23.7. The van der Waals surface area contributed by atoms with E-state index in [-0.39, 0.29) is 39.2 Å². The summed E-state index contributed by atoms with van der Waals surface area (Å²) in [5, 5.41) is 22.0. The number of nitro benzene ring substituents is 1. The van der Waals surface area contributed by atoms with Gasteiger partial charge in [0.1, 0.15) is 0 Å². The molecule has 1 aromatic heterocycles. The fourth-order valence-corrected chi connectivity index (χ4v) is 3.55. The fraction of sp³-hybridized carbons (Fsp3) is 0. The number of thiocarbonyl (C=S) groups is 1. The molecule has 0 aliphatic heterocycles. The van der Waals surface area contributed by atoms with Crippen molar-refractivity contribution in [3.05, 3.63) is 109 Å². The number of nitrogens with one attached hydrogen (secondary N) is 1. The monoisotopic (exact) mass is 506 g/mol. The first-order valence-electron chi connectivity index (χ1n) is 9.97. The Kier molecular flexibility index (Phi) is 6.62. The van der Waals surface area contributed by atoms with E-state index in [1.165, 1.54) is 36.4 Å². The van der Waals surface area contributed by atoms with Crippen molar-refractivity contribution in [1.29, 1.82) is 0 Å². The molecule has 0 unspecified atom stereocenters. The minimum Gasteiger partial charge on any atom is -0.374 e. The molecule has 0 aliphatic rings. The molecule has 0 saturated heterocycles. The van der Waals surface area contributed by atoms with Gasteiger partial charge in [-0.2, -0.15) is 4.68 Å². The van der Waals surface area contributed by atoms with Gasteiger partial charge in [-0.05, 0) is 42.5 Å².